The molecule has 0 aromatic heterocycles. The molecule has 0 unspecified atom stereocenters. The maximum atomic E-state index is 12.5. The zero-order valence-corrected chi connectivity index (χ0v) is 10.8. The minimum Gasteiger partial charge on any atom is -0.356 e. The monoisotopic (exact) mass is 292 g/mol. The fourth-order valence-corrected chi connectivity index (χ4v) is 2.19. The van der Waals surface area contributed by atoms with Gasteiger partial charge in [-0.2, -0.15) is 13.2 Å². The molecule has 21 heavy (non-hydrogen) atoms. The molecule has 0 amide bonds. The summed E-state index contributed by atoms with van der Waals surface area (Å²) < 4.78 is 42.7. The average Bonchev–Trinajstić information content (AvgIpc) is 3.27. The van der Waals surface area contributed by atoms with E-state index in [9.17, 15) is 18.0 Å². The van der Waals surface area contributed by atoms with Crippen molar-refractivity contribution in [3.05, 3.63) is 71.3 Å². The Morgan fingerprint density at radius 3 is 2.14 bits per heavy atom. The highest BCUT2D eigenvalue weighted by atomic mass is 19.4. The highest BCUT2D eigenvalue weighted by Gasteiger charge is 2.46. The Hall–Kier alpha value is -2.14. The summed E-state index contributed by atoms with van der Waals surface area (Å²) in [4.78, 5) is 12.1. The van der Waals surface area contributed by atoms with Crippen LogP contribution in [0.5, 0.6) is 0 Å². The summed E-state index contributed by atoms with van der Waals surface area (Å²) in [5, 5.41) is 0. The summed E-state index contributed by atoms with van der Waals surface area (Å²) >= 11 is 0. The molecule has 0 bridgehead atoms. The van der Waals surface area contributed by atoms with Gasteiger partial charge < -0.3 is 4.74 Å². The number of carbonyl (C=O) groups is 1. The number of ether oxygens (including phenoxy) is 1. The highest BCUT2D eigenvalue weighted by Crippen LogP contribution is 2.41. The summed E-state index contributed by atoms with van der Waals surface area (Å²) in [5.41, 5.74) is 0.409. The van der Waals surface area contributed by atoms with Gasteiger partial charge in [-0.15, -0.1) is 0 Å². The first-order valence-electron chi connectivity index (χ1n) is 6.39. The van der Waals surface area contributed by atoms with Crippen LogP contribution < -0.4 is 0 Å². The smallest absolute Gasteiger partial charge is 0.356 e. The Morgan fingerprint density at radius 1 is 0.952 bits per heavy atom. The first kappa shape index (κ1) is 13.8. The number of ketones is 1. The van der Waals surface area contributed by atoms with Crippen molar-refractivity contribution in [1.29, 1.82) is 0 Å². The third kappa shape index (κ3) is 2.83. The van der Waals surface area contributed by atoms with E-state index in [0.29, 0.717) is 11.1 Å². The Bertz CT molecular complexity index is 647. The van der Waals surface area contributed by atoms with Crippen LogP contribution in [-0.2, 0) is 10.9 Å². The fourth-order valence-electron chi connectivity index (χ4n) is 2.19. The molecule has 0 aliphatic carbocycles. The van der Waals surface area contributed by atoms with Gasteiger partial charge in [0.05, 0.1) is 5.56 Å². The Balaban J connectivity index is 1.72. The molecule has 2 aromatic carbocycles. The number of halogens is 3. The molecule has 1 aliphatic heterocycles. The standard InChI is InChI=1S/C16H11F3O2/c17-16(18,19)12-8-6-11(7-9-12)14-15(21-14)13(20)10-4-2-1-3-5-10/h1-9,14-15H/t14-,15-/m1/s1. The number of Topliss-reactive ketones (excluding diaryl/α,β-unsaturated/α-hetero) is 1. The van der Waals surface area contributed by atoms with E-state index in [1.165, 1.54) is 12.1 Å². The van der Waals surface area contributed by atoms with E-state index >= 15 is 0 Å². The second-order valence-electron chi connectivity index (χ2n) is 4.83. The zero-order valence-electron chi connectivity index (χ0n) is 10.8. The SMILES string of the molecule is O=C(c1ccccc1)[C@H]1O[C@@H]1c1ccc(C(F)(F)F)cc1. The molecule has 1 fully saturated rings. The van der Waals surface area contributed by atoms with Gasteiger partial charge in [0.25, 0.3) is 0 Å². The van der Waals surface area contributed by atoms with Gasteiger partial charge in [0.1, 0.15) is 6.10 Å². The van der Waals surface area contributed by atoms with Crippen molar-refractivity contribution in [3.63, 3.8) is 0 Å². The average molecular weight is 292 g/mol. The summed E-state index contributed by atoms with van der Waals surface area (Å²) in [6.07, 6.45) is -5.42. The lowest BCUT2D eigenvalue weighted by atomic mass is 10.0. The predicted octanol–water partition coefficient (Wildman–Crippen LogP) is 4.03. The molecule has 0 radical (unpaired) electrons. The van der Waals surface area contributed by atoms with Crippen LogP contribution in [0.1, 0.15) is 27.6 Å². The van der Waals surface area contributed by atoms with Crippen molar-refractivity contribution >= 4 is 5.78 Å². The normalized spacial score (nSPS) is 21.1. The van der Waals surface area contributed by atoms with Gasteiger partial charge in [0, 0.05) is 5.56 Å². The van der Waals surface area contributed by atoms with Crippen LogP contribution in [0, 0.1) is 0 Å². The topological polar surface area (TPSA) is 29.6 Å². The molecule has 5 heteroatoms. The molecule has 0 spiro atoms. The second kappa shape index (κ2) is 5.00. The molecular weight excluding hydrogens is 281 g/mol. The minimum atomic E-state index is -4.36. The summed E-state index contributed by atoms with van der Waals surface area (Å²) in [6, 6.07) is 13.4. The molecule has 1 heterocycles. The largest absolute Gasteiger partial charge is 0.416 e. The quantitative estimate of drug-likeness (QED) is 0.631. The number of hydrogen-bond donors (Lipinski definition) is 0. The number of benzene rings is 2. The first-order valence-corrected chi connectivity index (χ1v) is 6.39. The minimum absolute atomic E-state index is 0.152. The lowest BCUT2D eigenvalue weighted by Crippen LogP contribution is -2.08. The van der Waals surface area contributed by atoms with E-state index in [1.54, 1.807) is 30.3 Å². The lowest BCUT2D eigenvalue weighted by molar-refractivity contribution is -0.137. The molecule has 3 rings (SSSR count). The van der Waals surface area contributed by atoms with Crippen molar-refractivity contribution in [3.8, 4) is 0 Å². The van der Waals surface area contributed by atoms with Crippen molar-refractivity contribution in [1.82, 2.24) is 0 Å². The van der Waals surface area contributed by atoms with E-state index < -0.39 is 23.9 Å². The third-order valence-electron chi connectivity index (χ3n) is 3.37. The number of alkyl halides is 3. The summed E-state index contributed by atoms with van der Waals surface area (Å²) in [5.74, 6) is -0.152. The van der Waals surface area contributed by atoms with Gasteiger partial charge in [-0.1, -0.05) is 42.5 Å². The van der Waals surface area contributed by atoms with Crippen LogP contribution in [0.4, 0.5) is 13.2 Å². The predicted molar refractivity (Wildman–Crippen MR) is 69.8 cm³/mol. The van der Waals surface area contributed by atoms with Crippen molar-refractivity contribution < 1.29 is 22.7 Å². The van der Waals surface area contributed by atoms with Crippen molar-refractivity contribution in [2.45, 2.75) is 18.4 Å². The maximum absolute atomic E-state index is 12.5. The van der Waals surface area contributed by atoms with Crippen LogP contribution in [0.15, 0.2) is 54.6 Å². The van der Waals surface area contributed by atoms with Gasteiger partial charge in [0.15, 0.2) is 11.9 Å². The zero-order chi connectivity index (χ0) is 15.0. The molecule has 1 saturated heterocycles. The van der Waals surface area contributed by atoms with E-state index in [2.05, 4.69) is 0 Å². The molecule has 2 aromatic rings. The first-order chi connectivity index (χ1) is 9.97. The van der Waals surface area contributed by atoms with E-state index in [1.807, 2.05) is 0 Å². The Morgan fingerprint density at radius 2 is 1.57 bits per heavy atom. The Labute approximate surface area is 119 Å². The van der Waals surface area contributed by atoms with Gasteiger partial charge in [0.2, 0.25) is 0 Å². The van der Waals surface area contributed by atoms with Crippen LogP contribution in [0.3, 0.4) is 0 Å². The summed E-state index contributed by atoms with van der Waals surface area (Å²) in [7, 11) is 0. The summed E-state index contributed by atoms with van der Waals surface area (Å²) in [6.45, 7) is 0. The molecule has 0 saturated carbocycles. The number of hydrogen-bond acceptors (Lipinski definition) is 2. The van der Waals surface area contributed by atoms with Crippen LogP contribution >= 0.6 is 0 Å². The van der Waals surface area contributed by atoms with Crippen LogP contribution in [0.2, 0.25) is 0 Å². The molecule has 1 aliphatic rings. The van der Waals surface area contributed by atoms with Gasteiger partial charge in [-0.25, -0.2) is 0 Å². The van der Waals surface area contributed by atoms with Crippen LogP contribution in [-0.4, -0.2) is 11.9 Å². The second-order valence-corrected chi connectivity index (χ2v) is 4.83. The third-order valence-corrected chi connectivity index (χ3v) is 3.37. The van der Waals surface area contributed by atoms with Crippen molar-refractivity contribution in [2.24, 2.45) is 0 Å². The van der Waals surface area contributed by atoms with E-state index in [0.717, 1.165) is 12.1 Å². The number of rotatable bonds is 3. The van der Waals surface area contributed by atoms with E-state index in [4.69, 9.17) is 4.74 Å². The molecule has 108 valence electrons. The van der Waals surface area contributed by atoms with Crippen molar-refractivity contribution in [2.75, 3.05) is 0 Å². The van der Waals surface area contributed by atoms with Crippen LogP contribution in [0.25, 0.3) is 0 Å². The molecular formula is C16H11F3O2. The van der Waals surface area contributed by atoms with E-state index in [-0.39, 0.29) is 5.78 Å². The number of carbonyl (C=O) groups excluding carboxylic acids is 1. The number of epoxide rings is 1. The van der Waals surface area contributed by atoms with Gasteiger partial charge in [-0.05, 0) is 17.7 Å². The molecule has 0 N–H and O–H groups in total. The Kier molecular flexibility index (Phi) is 3.29. The maximum Gasteiger partial charge on any atom is 0.416 e. The van der Waals surface area contributed by atoms with Gasteiger partial charge in [-0.3, -0.25) is 4.79 Å². The highest BCUT2D eigenvalue weighted by molar-refractivity contribution is 6.01. The molecule has 2 nitrogen and oxygen atoms in total. The fraction of sp³-hybridized carbons (Fsp3) is 0.188. The van der Waals surface area contributed by atoms with Gasteiger partial charge >= 0.3 is 6.18 Å². The lowest BCUT2D eigenvalue weighted by Gasteiger charge is -2.06. The molecule has 2 atom stereocenters.